The van der Waals surface area contributed by atoms with E-state index in [-0.39, 0.29) is 0 Å². The van der Waals surface area contributed by atoms with Gasteiger partial charge in [0.25, 0.3) is 0 Å². The lowest BCUT2D eigenvalue weighted by Gasteiger charge is -2.21. The van der Waals surface area contributed by atoms with E-state index in [1.165, 1.54) is 32.1 Å². The summed E-state index contributed by atoms with van der Waals surface area (Å²) < 4.78 is 0. The molecule has 1 fully saturated rings. The largest absolute Gasteiger partial charge is 0.0624 e. The number of hydrogen-bond acceptors (Lipinski definition) is 0. The van der Waals surface area contributed by atoms with Crippen LogP contribution in [0.5, 0.6) is 0 Å². The fourth-order valence-electron chi connectivity index (χ4n) is 3.79. The first-order chi connectivity index (χ1) is 6.29. The lowest BCUT2D eigenvalue weighted by Crippen LogP contribution is -2.13. The third kappa shape index (κ3) is 1.04. The van der Waals surface area contributed by atoms with Gasteiger partial charge in [-0.05, 0) is 37.0 Å². The molecular formula is C13H20. The molecule has 0 amide bonds. The maximum atomic E-state index is 2.45. The predicted octanol–water partition coefficient (Wildman–Crippen LogP) is 3.78. The third-order valence-corrected chi connectivity index (χ3v) is 4.76. The van der Waals surface area contributed by atoms with Crippen LogP contribution in [0.3, 0.4) is 0 Å². The van der Waals surface area contributed by atoms with Crippen molar-refractivity contribution in [2.45, 2.75) is 46.0 Å². The Morgan fingerprint density at radius 3 is 2.31 bits per heavy atom. The second-order valence-electron chi connectivity index (χ2n) is 5.47. The van der Waals surface area contributed by atoms with E-state index in [2.05, 4.69) is 13.8 Å². The lowest BCUT2D eigenvalue weighted by molar-refractivity contribution is 0.379. The van der Waals surface area contributed by atoms with Crippen LogP contribution in [0.15, 0.2) is 11.1 Å². The molecule has 0 aromatic carbocycles. The fourth-order valence-corrected chi connectivity index (χ4v) is 3.79. The minimum atomic E-state index is 0.931. The van der Waals surface area contributed by atoms with Crippen LogP contribution in [0.1, 0.15) is 46.0 Å². The maximum Gasteiger partial charge on any atom is 0.00440 e. The normalized spacial score (nSPS) is 44.3. The predicted molar refractivity (Wildman–Crippen MR) is 55.4 cm³/mol. The van der Waals surface area contributed by atoms with E-state index in [1.54, 1.807) is 0 Å². The van der Waals surface area contributed by atoms with Crippen molar-refractivity contribution in [3.8, 4) is 0 Å². The van der Waals surface area contributed by atoms with Gasteiger partial charge in [-0.25, -0.2) is 0 Å². The highest BCUT2D eigenvalue weighted by Crippen LogP contribution is 2.61. The van der Waals surface area contributed by atoms with E-state index in [0.29, 0.717) is 0 Å². The van der Waals surface area contributed by atoms with Gasteiger partial charge in [0.15, 0.2) is 0 Å². The highest BCUT2D eigenvalue weighted by atomic mass is 14.5. The van der Waals surface area contributed by atoms with Gasteiger partial charge < -0.3 is 0 Å². The van der Waals surface area contributed by atoms with Crippen LogP contribution in [-0.2, 0) is 0 Å². The summed E-state index contributed by atoms with van der Waals surface area (Å²) in [5, 5.41) is 0. The summed E-state index contributed by atoms with van der Waals surface area (Å²) in [4.78, 5) is 0. The van der Waals surface area contributed by atoms with Crippen molar-refractivity contribution in [1.29, 1.82) is 0 Å². The molecule has 0 aliphatic heterocycles. The van der Waals surface area contributed by atoms with E-state index in [4.69, 9.17) is 0 Å². The van der Waals surface area contributed by atoms with Crippen LogP contribution in [-0.4, -0.2) is 0 Å². The molecule has 13 heavy (non-hydrogen) atoms. The average Bonchev–Trinajstić information content (AvgIpc) is 2.49. The molecule has 0 saturated heterocycles. The minimum absolute atomic E-state index is 0.931. The molecule has 1 saturated carbocycles. The standard InChI is InChI=1S/C13H20/c1-8-7-11-12(9(8)2)13(11)10-5-3-4-6-10/h8-10,13H,3-7H2,1-2H3. The summed E-state index contributed by atoms with van der Waals surface area (Å²) in [6.07, 6.45) is 7.51. The van der Waals surface area contributed by atoms with Crippen molar-refractivity contribution >= 4 is 0 Å². The van der Waals surface area contributed by atoms with E-state index >= 15 is 0 Å². The SMILES string of the molecule is CC1CC2=C(C1C)C2C1CCCC1. The molecule has 0 bridgehead atoms. The van der Waals surface area contributed by atoms with Crippen LogP contribution in [0.4, 0.5) is 0 Å². The zero-order valence-corrected chi connectivity index (χ0v) is 8.84. The summed E-state index contributed by atoms with van der Waals surface area (Å²) in [6, 6.07) is 0. The van der Waals surface area contributed by atoms with Crippen LogP contribution in [0, 0.1) is 23.7 Å². The van der Waals surface area contributed by atoms with Gasteiger partial charge >= 0.3 is 0 Å². The van der Waals surface area contributed by atoms with Crippen LogP contribution < -0.4 is 0 Å². The molecule has 0 spiro atoms. The third-order valence-electron chi connectivity index (χ3n) is 4.76. The van der Waals surface area contributed by atoms with E-state index in [1.807, 2.05) is 11.1 Å². The highest BCUT2D eigenvalue weighted by molar-refractivity contribution is 5.48. The first-order valence-electron chi connectivity index (χ1n) is 6.02. The molecule has 3 unspecified atom stereocenters. The summed E-state index contributed by atoms with van der Waals surface area (Å²) >= 11 is 0. The van der Waals surface area contributed by atoms with Gasteiger partial charge in [0.1, 0.15) is 0 Å². The van der Waals surface area contributed by atoms with Crippen LogP contribution in [0.25, 0.3) is 0 Å². The minimum Gasteiger partial charge on any atom is -0.0624 e. The van der Waals surface area contributed by atoms with E-state index < -0.39 is 0 Å². The van der Waals surface area contributed by atoms with Crippen molar-refractivity contribution < 1.29 is 0 Å². The Bertz CT molecular complexity index is 255. The Morgan fingerprint density at radius 1 is 1.08 bits per heavy atom. The van der Waals surface area contributed by atoms with Crippen molar-refractivity contribution in [1.82, 2.24) is 0 Å². The number of hydrogen-bond donors (Lipinski definition) is 0. The monoisotopic (exact) mass is 176 g/mol. The lowest BCUT2D eigenvalue weighted by atomic mass is 9.83. The zero-order valence-electron chi connectivity index (χ0n) is 8.84. The molecule has 3 rings (SSSR count). The highest BCUT2D eigenvalue weighted by Gasteiger charge is 2.50. The second kappa shape index (κ2) is 2.62. The molecule has 0 aromatic heterocycles. The second-order valence-corrected chi connectivity index (χ2v) is 5.47. The molecule has 3 aliphatic carbocycles. The molecule has 3 aliphatic rings. The molecule has 0 aromatic rings. The molecule has 72 valence electrons. The Kier molecular flexibility index (Phi) is 1.63. The molecule has 0 heteroatoms. The Hall–Kier alpha value is -0.260. The number of allylic oxidation sites excluding steroid dienone is 2. The van der Waals surface area contributed by atoms with Gasteiger partial charge in [-0.1, -0.05) is 37.8 Å². The van der Waals surface area contributed by atoms with Gasteiger partial charge in [0.2, 0.25) is 0 Å². The molecule has 0 radical (unpaired) electrons. The quantitative estimate of drug-likeness (QED) is 0.533. The average molecular weight is 176 g/mol. The molecule has 0 N–H and O–H groups in total. The van der Waals surface area contributed by atoms with Gasteiger partial charge in [-0.3, -0.25) is 0 Å². The number of rotatable bonds is 1. The van der Waals surface area contributed by atoms with Crippen LogP contribution >= 0.6 is 0 Å². The summed E-state index contributed by atoms with van der Waals surface area (Å²) in [7, 11) is 0. The Morgan fingerprint density at radius 2 is 1.77 bits per heavy atom. The summed E-state index contributed by atoms with van der Waals surface area (Å²) in [5.74, 6) is 4.00. The Labute approximate surface area is 81.4 Å². The van der Waals surface area contributed by atoms with Crippen molar-refractivity contribution in [2.75, 3.05) is 0 Å². The van der Waals surface area contributed by atoms with E-state index in [0.717, 1.165) is 23.7 Å². The fraction of sp³-hybridized carbons (Fsp3) is 0.846. The molecule has 0 heterocycles. The van der Waals surface area contributed by atoms with Crippen molar-refractivity contribution in [3.63, 3.8) is 0 Å². The Balaban J connectivity index is 1.68. The van der Waals surface area contributed by atoms with Gasteiger partial charge in [-0.2, -0.15) is 0 Å². The van der Waals surface area contributed by atoms with Gasteiger partial charge in [0.05, 0.1) is 0 Å². The smallest absolute Gasteiger partial charge is 0.00440 e. The van der Waals surface area contributed by atoms with Crippen LogP contribution in [0.2, 0.25) is 0 Å². The maximum absolute atomic E-state index is 2.45. The molecule has 3 atom stereocenters. The summed E-state index contributed by atoms with van der Waals surface area (Å²) in [5.41, 5.74) is 3.80. The summed E-state index contributed by atoms with van der Waals surface area (Å²) in [6.45, 7) is 4.87. The van der Waals surface area contributed by atoms with Gasteiger partial charge in [0, 0.05) is 5.92 Å². The molecule has 0 nitrogen and oxygen atoms in total. The van der Waals surface area contributed by atoms with Crippen molar-refractivity contribution in [3.05, 3.63) is 11.1 Å². The first-order valence-corrected chi connectivity index (χ1v) is 6.02. The first kappa shape index (κ1) is 8.08. The molecular weight excluding hydrogens is 156 g/mol. The van der Waals surface area contributed by atoms with Crippen molar-refractivity contribution in [2.24, 2.45) is 23.7 Å². The zero-order chi connectivity index (χ0) is 9.00. The van der Waals surface area contributed by atoms with E-state index in [9.17, 15) is 0 Å². The van der Waals surface area contributed by atoms with Gasteiger partial charge in [-0.15, -0.1) is 0 Å². The topological polar surface area (TPSA) is 0 Å².